The lowest BCUT2D eigenvalue weighted by Crippen LogP contribution is -2.22. The van der Waals surface area contributed by atoms with Crippen molar-refractivity contribution in [1.82, 2.24) is 5.32 Å². The van der Waals surface area contributed by atoms with Gasteiger partial charge in [-0.15, -0.1) is 11.3 Å². The van der Waals surface area contributed by atoms with Crippen molar-refractivity contribution in [3.63, 3.8) is 0 Å². The molecule has 0 bridgehead atoms. The van der Waals surface area contributed by atoms with Crippen molar-refractivity contribution in [2.45, 2.75) is 32.9 Å². The van der Waals surface area contributed by atoms with Crippen LogP contribution in [0.5, 0.6) is 0 Å². The predicted octanol–water partition coefficient (Wildman–Crippen LogP) is 5.38. The van der Waals surface area contributed by atoms with Gasteiger partial charge in [-0.05, 0) is 65.5 Å². The quantitative estimate of drug-likeness (QED) is 0.738. The average Bonchev–Trinajstić information content (AvgIpc) is 3.00. The topological polar surface area (TPSA) is 15.3 Å². The minimum Gasteiger partial charge on any atom is -0.366 e. The Bertz CT molecular complexity index is 568. The molecule has 21 heavy (non-hydrogen) atoms. The van der Waals surface area contributed by atoms with Crippen LogP contribution in [0.3, 0.4) is 0 Å². The van der Waals surface area contributed by atoms with Gasteiger partial charge in [0, 0.05) is 22.4 Å². The first-order valence-corrected chi connectivity index (χ1v) is 9.01. The molecule has 1 heterocycles. The zero-order chi connectivity index (χ0) is 15.4. The fourth-order valence-electron chi connectivity index (χ4n) is 2.43. The number of hydrogen-bond acceptors (Lipinski definition) is 3. The number of benzene rings is 1. The molecule has 0 aliphatic rings. The van der Waals surface area contributed by atoms with Gasteiger partial charge in [0.25, 0.3) is 0 Å². The van der Waals surface area contributed by atoms with E-state index >= 15 is 0 Å². The van der Waals surface area contributed by atoms with Crippen LogP contribution in [0.4, 0.5) is 5.69 Å². The third kappa shape index (κ3) is 3.87. The maximum Gasteiger partial charge on any atom is 0.0604 e. The number of halogens is 1. The summed E-state index contributed by atoms with van der Waals surface area (Å²) in [5.74, 6) is 0. The van der Waals surface area contributed by atoms with Crippen LogP contribution in [-0.2, 0) is 0 Å². The molecule has 0 aliphatic carbocycles. The zero-order valence-corrected chi connectivity index (χ0v) is 15.5. The Kier molecular flexibility index (Phi) is 5.85. The van der Waals surface area contributed by atoms with Gasteiger partial charge in [-0.1, -0.05) is 19.1 Å². The molecule has 114 valence electrons. The normalized spacial score (nSPS) is 14.0. The molecule has 2 atom stereocenters. The van der Waals surface area contributed by atoms with Crippen molar-refractivity contribution in [1.29, 1.82) is 0 Å². The molecular formula is C17H23BrN2S. The van der Waals surface area contributed by atoms with Gasteiger partial charge in [-0.2, -0.15) is 0 Å². The molecule has 0 spiro atoms. The molecule has 1 aromatic heterocycles. The van der Waals surface area contributed by atoms with Crippen molar-refractivity contribution >= 4 is 33.0 Å². The Morgan fingerprint density at radius 3 is 2.62 bits per heavy atom. The molecule has 2 aromatic rings. The molecule has 0 aliphatic heterocycles. The molecule has 0 amide bonds. The zero-order valence-electron chi connectivity index (χ0n) is 13.1. The van der Waals surface area contributed by atoms with E-state index in [4.69, 9.17) is 0 Å². The Labute approximate surface area is 140 Å². The first kappa shape index (κ1) is 16.5. The molecule has 0 fully saturated rings. The second kappa shape index (κ2) is 7.43. The summed E-state index contributed by atoms with van der Waals surface area (Å²) in [5, 5.41) is 5.58. The largest absolute Gasteiger partial charge is 0.366 e. The summed E-state index contributed by atoms with van der Waals surface area (Å²) in [6, 6.07) is 11.7. The fraction of sp³-hybridized carbons (Fsp3) is 0.412. The molecule has 2 nitrogen and oxygen atoms in total. The lowest BCUT2D eigenvalue weighted by molar-refractivity contribution is 0.598. The summed E-state index contributed by atoms with van der Waals surface area (Å²) >= 11 is 5.54. The van der Waals surface area contributed by atoms with Crippen molar-refractivity contribution in [2.75, 3.05) is 18.5 Å². The van der Waals surface area contributed by atoms with Gasteiger partial charge in [0.1, 0.15) is 0 Å². The number of anilines is 1. The van der Waals surface area contributed by atoms with Crippen molar-refractivity contribution in [3.05, 3.63) is 50.6 Å². The summed E-state index contributed by atoms with van der Waals surface area (Å²) in [6.45, 7) is 7.56. The van der Waals surface area contributed by atoms with Gasteiger partial charge in [0.05, 0.1) is 11.7 Å². The van der Waals surface area contributed by atoms with E-state index in [0.717, 1.165) is 11.0 Å². The molecule has 0 saturated carbocycles. The molecule has 0 saturated heterocycles. The monoisotopic (exact) mass is 366 g/mol. The standard InChI is InChI=1S/C17H23BrN2S/c1-5-19-12(2)14-8-9-16(15(18)11-14)20(4)13(3)17-7-6-10-21-17/h6-13,19H,5H2,1-4H3. The van der Waals surface area contributed by atoms with Gasteiger partial charge in [-0.25, -0.2) is 0 Å². The lowest BCUT2D eigenvalue weighted by atomic mass is 10.1. The SMILES string of the molecule is CCNC(C)c1ccc(N(C)C(C)c2cccs2)c(Br)c1. The minimum atomic E-state index is 0.373. The van der Waals surface area contributed by atoms with Crippen LogP contribution >= 0.6 is 27.3 Å². The minimum absolute atomic E-state index is 0.373. The Morgan fingerprint density at radius 1 is 1.29 bits per heavy atom. The third-order valence-corrected chi connectivity index (χ3v) is 5.58. The fourth-order valence-corrected chi connectivity index (χ4v) is 3.93. The molecule has 4 heteroatoms. The van der Waals surface area contributed by atoms with Gasteiger partial charge in [0.15, 0.2) is 0 Å². The van der Waals surface area contributed by atoms with E-state index in [2.05, 4.69) is 89.7 Å². The van der Waals surface area contributed by atoms with E-state index in [9.17, 15) is 0 Å². The summed E-state index contributed by atoms with van der Waals surface area (Å²) in [4.78, 5) is 3.70. The van der Waals surface area contributed by atoms with Crippen LogP contribution in [-0.4, -0.2) is 13.6 Å². The number of hydrogen-bond donors (Lipinski definition) is 1. The highest BCUT2D eigenvalue weighted by atomic mass is 79.9. The van der Waals surface area contributed by atoms with Crippen LogP contribution in [0, 0.1) is 0 Å². The van der Waals surface area contributed by atoms with Crippen molar-refractivity contribution < 1.29 is 0 Å². The van der Waals surface area contributed by atoms with Gasteiger partial charge >= 0.3 is 0 Å². The first-order chi connectivity index (χ1) is 10.0. The smallest absolute Gasteiger partial charge is 0.0604 e. The van der Waals surface area contributed by atoms with Crippen LogP contribution in [0.15, 0.2) is 40.2 Å². The molecule has 1 aromatic carbocycles. The maximum absolute atomic E-state index is 3.73. The highest BCUT2D eigenvalue weighted by Gasteiger charge is 2.16. The molecule has 0 radical (unpaired) electrons. The molecular weight excluding hydrogens is 344 g/mol. The Balaban J connectivity index is 2.20. The van der Waals surface area contributed by atoms with Gasteiger partial charge in [0.2, 0.25) is 0 Å². The van der Waals surface area contributed by atoms with Crippen LogP contribution in [0.2, 0.25) is 0 Å². The summed E-state index contributed by atoms with van der Waals surface area (Å²) in [7, 11) is 2.15. The lowest BCUT2D eigenvalue weighted by Gasteiger charge is -2.28. The van der Waals surface area contributed by atoms with Crippen LogP contribution in [0.25, 0.3) is 0 Å². The molecule has 1 N–H and O–H groups in total. The Morgan fingerprint density at radius 2 is 2.05 bits per heavy atom. The number of nitrogens with one attached hydrogen (secondary N) is 1. The summed E-state index contributed by atoms with van der Waals surface area (Å²) in [6.07, 6.45) is 0. The van der Waals surface area contributed by atoms with Crippen LogP contribution in [0.1, 0.15) is 43.3 Å². The van der Waals surface area contributed by atoms with E-state index in [1.54, 1.807) is 0 Å². The van der Waals surface area contributed by atoms with Crippen LogP contribution < -0.4 is 10.2 Å². The van der Waals surface area contributed by atoms with Crippen molar-refractivity contribution in [3.8, 4) is 0 Å². The first-order valence-electron chi connectivity index (χ1n) is 7.33. The number of thiophene rings is 1. The summed E-state index contributed by atoms with van der Waals surface area (Å²) < 4.78 is 1.15. The molecule has 2 rings (SSSR count). The van der Waals surface area contributed by atoms with Crippen molar-refractivity contribution in [2.24, 2.45) is 0 Å². The highest BCUT2D eigenvalue weighted by molar-refractivity contribution is 9.10. The number of rotatable bonds is 6. The van der Waals surface area contributed by atoms with E-state index in [1.165, 1.54) is 16.1 Å². The van der Waals surface area contributed by atoms with E-state index in [-0.39, 0.29) is 0 Å². The van der Waals surface area contributed by atoms with E-state index in [1.807, 2.05) is 11.3 Å². The summed E-state index contributed by atoms with van der Waals surface area (Å²) in [5.41, 5.74) is 2.54. The maximum atomic E-state index is 3.73. The van der Waals surface area contributed by atoms with Gasteiger partial charge < -0.3 is 10.2 Å². The second-order valence-corrected chi connectivity index (χ2v) is 7.13. The predicted molar refractivity (Wildman–Crippen MR) is 97.4 cm³/mol. The Hall–Kier alpha value is -0.840. The van der Waals surface area contributed by atoms with E-state index < -0.39 is 0 Å². The molecule has 2 unspecified atom stereocenters. The van der Waals surface area contributed by atoms with Gasteiger partial charge in [-0.3, -0.25) is 0 Å². The van der Waals surface area contributed by atoms with E-state index in [0.29, 0.717) is 12.1 Å². The average molecular weight is 367 g/mol. The number of nitrogens with zero attached hydrogens (tertiary/aromatic N) is 1. The highest BCUT2D eigenvalue weighted by Crippen LogP contribution is 2.34. The second-order valence-electron chi connectivity index (χ2n) is 5.29. The third-order valence-electron chi connectivity index (χ3n) is 3.90.